The first-order valence-corrected chi connectivity index (χ1v) is 5.49. The quantitative estimate of drug-likeness (QED) is 0.629. The lowest BCUT2D eigenvalue weighted by molar-refractivity contribution is 0.300. The lowest BCUT2D eigenvalue weighted by atomic mass is 9.79. The fourth-order valence-electron chi connectivity index (χ4n) is 1.54. The van der Waals surface area contributed by atoms with E-state index in [-0.39, 0.29) is 6.61 Å². The zero-order valence-corrected chi connectivity index (χ0v) is 9.69. The van der Waals surface area contributed by atoms with Crippen LogP contribution in [0.3, 0.4) is 0 Å². The van der Waals surface area contributed by atoms with E-state index in [1.54, 1.807) is 18.2 Å². The number of ether oxygens (including phenoxy) is 1. The van der Waals surface area contributed by atoms with E-state index in [2.05, 4.69) is 4.98 Å². The molecule has 0 atom stereocenters. The Labute approximate surface area is 107 Å². The number of halogens is 4. The number of hydrogen-bond acceptors (Lipinski definition) is 2. The third kappa shape index (κ3) is 3.46. The molecule has 0 saturated heterocycles. The second-order valence-electron chi connectivity index (χ2n) is 3.87. The first kappa shape index (κ1) is 13.4. The molecule has 0 aliphatic heterocycles. The molecule has 0 bridgehead atoms. The SMILES string of the molecule is Fc1ccc([B-](F)(F)F)c(OCc2ccccn2)c1. The summed E-state index contributed by atoms with van der Waals surface area (Å²) in [4.78, 5) is 3.91. The molecule has 2 aromatic rings. The number of nitrogens with zero attached hydrogens (tertiary/aromatic N) is 1. The summed E-state index contributed by atoms with van der Waals surface area (Å²) in [5.41, 5.74) is -0.482. The van der Waals surface area contributed by atoms with Crippen LogP contribution in [-0.2, 0) is 6.61 Å². The van der Waals surface area contributed by atoms with E-state index in [0.717, 1.165) is 12.1 Å². The van der Waals surface area contributed by atoms with Gasteiger partial charge < -0.3 is 17.7 Å². The minimum atomic E-state index is -5.25. The molecule has 0 aliphatic rings. The van der Waals surface area contributed by atoms with Crippen LogP contribution >= 0.6 is 0 Å². The Hall–Kier alpha value is -2.05. The second kappa shape index (κ2) is 5.30. The highest BCUT2D eigenvalue weighted by Crippen LogP contribution is 2.19. The van der Waals surface area contributed by atoms with E-state index in [1.807, 2.05) is 0 Å². The standard InChI is InChI=1S/C12H9BF4NO/c14-9-4-5-11(13(15,16)17)12(7-9)19-8-10-3-1-2-6-18-10/h1-7H,8H2/q-1. The highest BCUT2D eigenvalue weighted by molar-refractivity contribution is 6.74. The number of rotatable bonds is 4. The van der Waals surface area contributed by atoms with Gasteiger partial charge in [0, 0.05) is 12.3 Å². The molecular formula is C12H9BF4NO-. The molecule has 0 fully saturated rings. The highest BCUT2D eigenvalue weighted by Gasteiger charge is 2.29. The maximum absolute atomic E-state index is 13.0. The van der Waals surface area contributed by atoms with Crippen molar-refractivity contribution < 1.29 is 22.1 Å². The normalized spacial score (nSPS) is 11.4. The van der Waals surface area contributed by atoms with Gasteiger partial charge in [0.1, 0.15) is 12.4 Å². The van der Waals surface area contributed by atoms with Crippen LogP contribution in [0.2, 0.25) is 0 Å². The van der Waals surface area contributed by atoms with Crippen LogP contribution in [0.25, 0.3) is 0 Å². The van der Waals surface area contributed by atoms with Crippen LogP contribution in [0.1, 0.15) is 5.69 Å². The van der Waals surface area contributed by atoms with Gasteiger partial charge in [0.25, 0.3) is 0 Å². The van der Waals surface area contributed by atoms with Crippen molar-refractivity contribution in [1.29, 1.82) is 0 Å². The first-order valence-electron chi connectivity index (χ1n) is 5.49. The molecule has 1 aromatic carbocycles. The summed E-state index contributed by atoms with van der Waals surface area (Å²) in [7, 11) is 0. The average molecular weight is 270 g/mol. The van der Waals surface area contributed by atoms with E-state index in [0.29, 0.717) is 11.8 Å². The summed E-state index contributed by atoms with van der Waals surface area (Å²) in [5.74, 6) is -1.29. The van der Waals surface area contributed by atoms with Gasteiger partial charge in [-0.3, -0.25) is 4.98 Å². The van der Waals surface area contributed by atoms with Crippen LogP contribution in [-0.4, -0.2) is 12.0 Å². The molecule has 2 rings (SSSR count). The van der Waals surface area contributed by atoms with Crippen molar-refractivity contribution in [3.05, 3.63) is 54.1 Å². The van der Waals surface area contributed by atoms with Gasteiger partial charge in [0.2, 0.25) is 0 Å². The molecule has 0 spiro atoms. The van der Waals surface area contributed by atoms with Crippen LogP contribution in [0, 0.1) is 5.82 Å². The second-order valence-corrected chi connectivity index (χ2v) is 3.87. The predicted molar refractivity (Wildman–Crippen MR) is 63.7 cm³/mol. The molecule has 2 nitrogen and oxygen atoms in total. The zero-order chi connectivity index (χ0) is 13.9. The molecule has 19 heavy (non-hydrogen) atoms. The largest absolute Gasteiger partial charge is 0.513 e. The molecule has 100 valence electrons. The summed E-state index contributed by atoms with van der Waals surface area (Å²) in [6, 6.07) is 7.15. The van der Waals surface area contributed by atoms with Gasteiger partial charge in [-0.2, -0.15) is 0 Å². The van der Waals surface area contributed by atoms with Crippen molar-refractivity contribution in [3.8, 4) is 5.75 Å². The molecule has 0 aliphatic carbocycles. The van der Waals surface area contributed by atoms with E-state index >= 15 is 0 Å². The van der Waals surface area contributed by atoms with Crippen LogP contribution in [0.5, 0.6) is 5.75 Å². The van der Waals surface area contributed by atoms with Crippen molar-refractivity contribution in [3.63, 3.8) is 0 Å². The van der Waals surface area contributed by atoms with Crippen molar-refractivity contribution in [2.24, 2.45) is 0 Å². The van der Waals surface area contributed by atoms with Crippen LogP contribution < -0.4 is 10.2 Å². The third-order valence-corrected chi connectivity index (χ3v) is 2.43. The maximum atomic E-state index is 13.0. The molecule has 1 heterocycles. The van der Waals surface area contributed by atoms with E-state index < -0.39 is 24.0 Å². The minimum Gasteiger partial charge on any atom is -0.490 e. The summed E-state index contributed by atoms with van der Waals surface area (Å²) in [5, 5.41) is 0. The monoisotopic (exact) mass is 270 g/mol. The summed E-state index contributed by atoms with van der Waals surface area (Å²) < 4.78 is 56.3. The van der Waals surface area contributed by atoms with Crippen LogP contribution in [0.4, 0.5) is 17.3 Å². The maximum Gasteiger partial charge on any atom is 0.513 e. The Bertz CT molecular complexity index is 559. The lowest BCUT2D eigenvalue weighted by Crippen LogP contribution is -2.35. The molecule has 0 N–H and O–H groups in total. The summed E-state index contributed by atoms with van der Waals surface area (Å²) in [6.07, 6.45) is 1.50. The molecule has 0 radical (unpaired) electrons. The van der Waals surface area contributed by atoms with Crippen molar-refractivity contribution >= 4 is 12.4 Å². The number of pyridine rings is 1. The predicted octanol–water partition coefficient (Wildman–Crippen LogP) is 2.85. The van der Waals surface area contributed by atoms with Gasteiger partial charge >= 0.3 is 6.98 Å². The topological polar surface area (TPSA) is 22.1 Å². The van der Waals surface area contributed by atoms with Crippen LogP contribution in [0.15, 0.2) is 42.6 Å². The van der Waals surface area contributed by atoms with Crippen molar-refractivity contribution in [1.82, 2.24) is 4.98 Å². The zero-order valence-electron chi connectivity index (χ0n) is 9.69. The number of benzene rings is 1. The minimum absolute atomic E-state index is 0.149. The molecule has 0 saturated carbocycles. The number of aromatic nitrogens is 1. The lowest BCUT2D eigenvalue weighted by Gasteiger charge is -2.19. The van der Waals surface area contributed by atoms with Gasteiger partial charge in [-0.05, 0) is 18.2 Å². The Kier molecular flexibility index (Phi) is 3.73. The Morgan fingerprint density at radius 3 is 2.53 bits per heavy atom. The van der Waals surface area contributed by atoms with E-state index in [1.165, 1.54) is 6.20 Å². The third-order valence-electron chi connectivity index (χ3n) is 2.43. The fourth-order valence-corrected chi connectivity index (χ4v) is 1.54. The van der Waals surface area contributed by atoms with Crippen molar-refractivity contribution in [2.75, 3.05) is 0 Å². The molecule has 1 aromatic heterocycles. The highest BCUT2D eigenvalue weighted by atomic mass is 19.4. The van der Waals surface area contributed by atoms with Gasteiger partial charge in [-0.15, -0.1) is 0 Å². The molecular weight excluding hydrogens is 261 g/mol. The number of hydrogen-bond donors (Lipinski definition) is 0. The summed E-state index contributed by atoms with van der Waals surface area (Å²) in [6.45, 7) is -5.40. The Morgan fingerprint density at radius 2 is 1.89 bits per heavy atom. The fraction of sp³-hybridized carbons (Fsp3) is 0.0833. The molecule has 7 heteroatoms. The van der Waals surface area contributed by atoms with E-state index in [9.17, 15) is 17.3 Å². The first-order chi connectivity index (χ1) is 8.97. The van der Waals surface area contributed by atoms with Gasteiger partial charge in [-0.25, -0.2) is 4.39 Å². The smallest absolute Gasteiger partial charge is 0.490 e. The Morgan fingerprint density at radius 1 is 1.11 bits per heavy atom. The summed E-state index contributed by atoms with van der Waals surface area (Å²) >= 11 is 0. The molecule has 0 unspecified atom stereocenters. The van der Waals surface area contributed by atoms with Crippen molar-refractivity contribution in [2.45, 2.75) is 6.61 Å². The van der Waals surface area contributed by atoms with Gasteiger partial charge in [0.15, 0.2) is 0 Å². The Balaban J connectivity index is 2.22. The average Bonchev–Trinajstić information content (AvgIpc) is 2.36. The van der Waals surface area contributed by atoms with E-state index in [4.69, 9.17) is 4.74 Å². The molecule has 0 amide bonds. The van der Waals surface area contributed by atoms with Gasteiger partial charge in [0.05, 0.1) is 11.4 Å². The van der Waals surface area contributed by atoms with Gasteiger partial charge in [-0.1, -0.05) is 17.6 Å².